The van der Waals surface area contributed by atoms with Crippen LogP contribution < -0.4 is 5.73 Å². The van der Waals surface area contributed by atoms with Crippen LogP contribution in [0.2, 0.25) is 5.15 Å². The highest BCUT2D eigenvalue weighted by Gasteiger charge is 2.39. The number of pyridine rings is 1. The number of fused-ring (bicyclic) bond motifs is 1. The molecule has 0 radical (unpaired) electrons. The van der Waals surface area contributed by atoms with Crippen molar-refractivity contribution in [3.63, 3.8) is 0 Å². The van der Waals surface area contributed by atoms with Gasteiger partial charge in [-0.3, -0.25) is 4.79 Å². The average Bonchev–Trinajstić information content (AvgIpc) is 2.60. The van der Waals surface area contributed by atoms with E-state index in [1.807, 2.05) is 31.2 Å². The Morgan fingerprint density at radius 1 is 1.35 bits per heavy atom. The van der Waals surface area contributed by atoms with Gasteiger partial charge in [-0.05, 0) is 31.0 Å². The first-order valence-corrected chi connectivity index (χ1v) is 8.78. The molecule has 1 aromatic heterocycles. The third kappa shape index (κ3) is 2.54. The normalized spacial score (nSPS) is 20.0. The Kier molecular flexibility index (Phi) is 3.93. The summed E-state index contributed by atoms with van der Waals surface area (Å²) < 4.78 is 5.59. The summed E-state index contributed by atoms with van der Waals surface area (Å²) in [6, 6.07) is 9.86. The summed E-state index contributed by atoms with van der Waals surface area (Å²) in [5, 5.41) is 10.8. The van der Waals surface area contributed by atoms with Gasteiger partial charge in [0.25, 0.3) is 0 Å². The summed E-state index contributed by atoms with van der Waals surface area (Å²) in [5.74, 6) is -0.0901. The molecule has 0 bridgehead atoms. The Morgan fingerprint density at radius 3 is 2.92 bits per heavy atom. The van der Waals surface area contributed by atoms with E-state index >= 15 is 0 Å². The molecule has 0 spiro atoms. The first-order valence-electron chi connectivity index (χ1n) is 8.40. The highest BCUT2D eigenvalue weighted by Crippen LogP contribution is 2.45. The predicted molar refractivity (Wildman–Crippen MR) is 98.0 cm³/mol. The number of nitriles is 1. The lowest BCUT2D eigenvalue weighted by Gasteiger charge is -2.31. The van der Waals surface area contributed by atoms with Crippen LogP contribution in [0.15, 0.2) is 47.1 Å². The SMILES string of the molecule is Cc1ccc2cc(C3C(C#N)=C(N)OC4=C3C(=O)CCC4)c(Cl)nc2c1. The fourth-order valence-electron chi connectivity index (χ4n) is 3.64. The molecule has 2 N–H and O–H groups in total. The number of nitrogens with two attached hydrogens (primary N) is 1. The van der Waals surface area contributed by atoms with Gasteiger partial charge < -0.3 is 10.5 Å². The van der Waals surface area contributed by atoms with Crippen molar-refractivity contribution in [3.8, 4) is 6.07 Å². The zero-order chi connectivity index (χ0) is 18.4. The molecule has 2 heterocycles. The highest BCUT2D eigenvalue weighted by molar-refractivity contribution is 6.30. The second-order valence-corrected chi connectivity index (χ2v) is 6.96. The predicted octanol–water partition coefficient (Wildman–Crippen LogP) is 4.01. The van der Waals surface area contributed by atoms with E-state index in [1.165, 1.54) is 0 Å². The quantitative estimate of drug-likeness (QED) is 0.771. The number of allylic oxidation sites excluding steroid dienone is 3. The van der Waals surface area contributed by atoms with Crippen LogP contribution in [0.3, 0.4) is 0 Å². The molecule has 4 rings (SSSR count). The third-order valence-corrected chi connectivity index (χ3v) is 5.17. The lowest BCUT2D eigenvalue weighted by atomic mass is 9.78. The number of rotatable bonds is 1. The number of benzene rings is 1. The van der Waals surface area contributed by atoms with Gasteiger partial charge in [0.1, 0.15) is 22.6 Å². The molecule has 0 amide bonds. The largest absolute Gasteiger partial charge is 0.444 e. The van der Waals surface area contributed by atoms with Gasteiger partial charge in [-0.2, -0.15) is 5.26 Å². The highest BCUT2D eigenvalue weighted by atomic mass is 35.5. The van der Waals surface area contributed by atoms with E-state index in [-0.39, 0.29) is 22.4 Å². The Bertz CT molecular complexity index is 1060. The van der Waals surface area contributed by atoms with Crippen LogP contribution in [0.1, 0.15) is 36.3 Å². The summed E-state index contributed by atoms with van der Waals surface area (Å²) in [6.45, 7) is 1.98. The van der Waals surface area contributed by atoms with Crippen molar-refractivity contribution in [2.45, 2.75) is 32.1 Å². The number of hydrogen-bond donors (Lipinski definition) is 1. The fraction of sp³-hybridized carbons (Fsp3) is 0.250. The topological polar surface area (TPSA) is 89.0 Å². The minimum atomic E-state index is -0.637. The molecule has 130 valence electrons. The van der Waals surface area contributed by atoms with E-state index in [4.69, 9.17) is 22.1 Å². The van der Waals surface area contributed by atoms with Gasteiger partial charge in [-0.25, -0.2) is 4.98 Å². The molecule has 5 nitrogen and oxygen atoms in total. The summed E-state index contributed by atoms with van der Waals surface area (Å²) >= 11 is 6.48. The zero-order valence-electron chi connectivity index (χ0n) is 14.2. The Hall–Kier alpha value is -2.84. The maximum Gasteiger partial charge on any atom is 0.205 e. The van der Waals surface area contributed by atoms with E-state index < -0.39 is 5.92 Å². The molecular formula is C20H16ClN3O2. The number of ketones is 1. The minimum Gasteiger partial charge on any atom is -0.444 e. The Balaban J connectivity index is 1.97. The molecular weight excluding hydrogens is 350 g/mol. The first-order chi connectivity index (χ1) is 12.5. The van der Waals surface area contributed by atoms with Gasteiger partial charge >= 0.3 is 0 Å². The summed E-state index contributed by atoms with van der Waals surface area (Å²) in [6.07, 6.45) is 1.76. The van der Waals surface area contributed by atoms with Crippen molar-refractivity contribution in [1.82, 2.24) is 4.98 Å². The number of nitrogens with zero attached hydrogens (tertiary/aromatic N) is 2. The number of aromatic nitrogens is 1. The molecule has 6 heteroatoms. The summed E-state index contributed by atoms with van der Waals surface area (Å²) in [5.41, 5.74) is 9.12. The maximum absolute atomic E-state index is 12.6. The van der Waals surface area contributed by atoms with Crippen molar-refractivity contribution in [3.05, 3.63) is 63.3 Å². The molecule has 1 aromatic carbocycles. The number of halogens is 1. The number of ether oxygens (including phenoxy) is 1. The molecule has 1 aliphatic carbocycles. The number of Topliss-reactive ketones (excluding diaryl/α,β-unsaturated/α-hetero) is 1. The van der Waals surface area contributed by atoms with Crippen LogP contribution in [-0.2, 0) is 9.53 Å². The van der Waals surface area contributed by atoms with E-state index in [0.29, 0.717) is 36.2 Å². The monoisotopic (exact) mass is 365 g/mol. The number of carbonyl (C=O) groups is 1. The van der Waals surface area contributed by atoms with Crippen LogP contribution in [0.5, 0.6) is 0 Å². The molecule has 2 aliphatic rings. The van der Waals surface area contributed by atoms with Crippen molar-refractivity contribution < 1.29 is 9.53 Å². The first kappa shape index (κ1) is 16.6. The maximum atomic E-state index is 12.6. The molecule has 1 aliphatic heterocycles. The Labute approximate surface area is 155 Å². The van der Waals surface area contributed by atoms with Gasteiger partial charge in [-0.15, -0.1) is 0 Å². The van der Waals surface area contributed by atoms with Crippen LogP contribution in [0.4, 0.5) is 0 Å². The molecule has 0 fully saturated rings. The van der Waals surface area contributed by atoms with Gasteiger partial charge in [0.05, 0.1) is 11.4 Å². The molecule has 1 unspecified atom stereocenters. The molecule has 2 aromatic rings. The van der Waals surface area contributed by atoms with E-state index in [9.17, 15) is 10.1 Å². The van der Waals surface area contributed by atoms with Crippen molar-refractivity contribution in [2.75, 3.05) is 0 Å². The lowest BCUT2D eigenvalue weighted by Crippen LogP contribution is -2.27. The Morgan fingerprint density at radius 2 is 2.15 bits per heavy atom. The average molecular weight is 366 g/mol. The molecule has 0 saturated heterocycles. The van der Waals surface area contributed by atoms with Crippen LogP contribution in [0.25, 0.3) is 10.9 Å². The third-order valence-electron chi connectivity index (χ3n) is 4.87. The summed E-state index contributed by atoms with van der Waals surface area (Å²) in [4.78, 5) is 17.1. The second kappa shape index (κ2) is 6.15. The second-order valence-electron chi connectivity index (χ2n) is 6.60. The van der Waals surface area contributed by atoms with Gasteiger partial charge in [0.15, 0.2) is 5.78 Å². The van der Waals surface area contributed by atoms with Gasteiger partial charge in [-0.1, -0.05) is 23.7 Å². The number of aryl methyl sites for hydroxylation is 1. The lowest BCUT2D eigenvalue weighted by molar-refractivity contribution is -0.116. The van der Waals surface area contributed by atoms with Crippen LogP contribution >= 0.6 is 11.6 Å². The molecule has 1 atom stereocenters. The van der Waals surface area contributed by atoms with Gasteiger partial charge in [0.2, 0.25) is 5.88 Å². The van der Waals surface area contributed by atoms with Crippen molar-refractivity contribution in [1.29, 1.82) is 5.26 Å². The van der Waals surface area contributed by atoms with Crippen LogP contribution in [0, 0.1) is 18.3 Å². The smallest absolute Gasteiger partial charge is 0.205 e. The minimum absolute atomic E-state index is 0.0310. The molecule has 0 saturated carbocycles. The van der Waals surface area contributed by atoms with Crippen molar-refractivity contribution >= 4 is 28.3 Å². The van der Waals surface area contributed by atoms with Gasteiger partial charge in [0, 0.05) is 29.4 Å². The number of carbonyl (C=O) groups excluding carboxylic acids is 1. The van der Waals surface area contributed by atoms with E-state index in [2.05, 4.69) is 11.1 Å². The fourth-order valence-corrected chi connectivity index (χ4v) is 3.89. The van der Waals surface area contributed by atoms with E-state index in [0.717, 1.165) is 16.5 Å². The molecule has 26 heavy (non-hydrogen) atoms. The van der Waals surface area contributed by atoms with Crippen molar-refractivity contribution in [2.24, 2.45) is 5.73 Å². The number of hydrogen-bond acceptors (Lipinski definition) is 5. The summed E-state index contributed by atoms with van der Waals surface area (Å²) in [7, 11) is 0. The zero-order valence-corrected chi connectivity index (χ0v) is 14.9. The van der Waals surface area contributed by atoms with Crippen LogP contribution in [-0.4, -0.2) is 10.8 Å². The van der Waals surface area contributed by atoms with E-state index in [1.54, 1.807) is 0 Å². The standard InChI is InChI=1S/C20H16ClN3O2/c1-10-5-6-11-8-12(19(21)24-14(11)7-10)17-13(9-22)20(23)26-16-4-2-3-15(25)18(16)17/h5-8,17H,2-4,23H2,1H3.